The topological polar surface area (TPSA) is 17.8 Å². The molecule has 5 heteroatoms. The first kappa shape index (κ1) is 10.6. The zero-order chi connectivity index (χ0) is 10.8. The molecule has 0 amide bonds. The van der Waals surface area contributed by atoms with Crippen LogP contribution in [0.2, 0.25) is 5.02 Å². The molecule has 78 valence electrons. The number of hydrogen-bond donors (Lipinski definition) is 0. The molecule has 1 heterocycles. The quantitative estimate of drug-likeness (QED) is 0.773. The van der Waals surface area contributed by atoms with Gasteiger partial charge in [-0.1, -0.05) is 33.6 Å². The highest BCUT2D eigenvalue weighted by molar-refractivity contribution is 9.08. The summed E-state index contributed by atoms with van der Waals surface area (Å²) in [5, 5.41) is 5.00. The third kappa shape index (κ3) is 2.06. The minimum Gasteiger partial charge on any atom is -0.239 e. The summed E-state index contributed by atoms with van der Waals surface area (Å²) >= 11 is 9.01. The number of aromatic nitrogens is 2. The summed E-state index contributed by atoms with van der Waals surface area (Å²) in [6, 6.07) is 4.86. The Labute approximate surface area is 99.8 Å². The van der Waals surface area contributed by atoms with Crippen LogP contribution in [0.3, 0.4) is 0 Å². The lowest BCUT2D eigenvalue weighted by Gasteiger charge is -2.07. The van der Waals surface area contributed by atoms with E-state index in [0.717, 1.165) is 0 Å². The van der Waals surface area contributed by atoms with Gasteiger partial charge in [-0.25, -0.2) is 9.07 Å². The molecule has 0 N–H and O–H groups in total. The van der Waals surface area contributed by atoms with Crippen LogP contribution in [-0.2, 0) is 5.33 Å². The van der Waals surface area contributed by atoms with Crippen LogP contribution in [0.15, 0.2) is 30.6 Å². The van der Waals surface area contributed by atoms with Crippen molar-refractivity contribution in [2.45, 2.75) is 5.33 Å². The van der Waals surface area contributed by atoms with Crippen molar-refractivity contribution >= 4 is 27.5 Å². The van der Waals surface area contributed by atoms with Crippen molar-refractivity contribution in [3.05, 3.63) is 47.0 Å². The van der Waals surface area contributed by atoms with Gasteiger partial charge >= 0.3 is 0 Å². The second-order valence-corrected chi connectivity index (χ2v) is 3.97. The summed E-state index contributed by atoms with van der Waals surface area (Å²) in [5.74, 6) is -0.254. The minimum atomic E-state index is -0.254. The molecule has 0 fully saturated rings. The van der Waals surface area contributed by atoms with E-state index >= 15 is 0 Å². The lowest BCUT2D eigenvalue weighted by molar-refractivity contribution is 0.614. The third-order valence-corrected chi connectivity index (χ3v) is 2.78. The largest absolute Gasteiger partial charge is 0.239 e. The monoisotopic (exact) mass is 288 g/mol. The van der Waals surface area contributed by atoms with Crippen molar-refractivity contribution in [1.82, 2.24) is 9.78 Å². The van der Waals surface area contributed by atoms with Crippen LogP contribution < -0.4 is 0 Å². The maximum atomic E-state index is 13.4. The van der Waals surface area contributed by atoms with Crippen LogP contribution in [0.25, 0.3) is 5.69 Å². The van der Waals surface area contributed by atoms with Crippen molar-refractivity contribution in [3.8, 4) is 5.69 Å². The Hall–Kier alpha value is -0.870. The van der Waals surface area contributed by atoms with E-state index in [-0.39, 0.29) is 5.82 Å². The van der Waals surface area contributed by atoms with Crippen LogP contribution in [-0.4, -0.2) is 9.78 Å². The predicted molar refractivity (Wildman–Crippen MR) is 61.2 cm³/mol. The molecular formula is C10H7BrClFN2. The highest BCUT2D eigenvalue weighted by atomic mass is 79.9. The van der Waals surface area contributed by atoms with Gasteiger partial charge in [0.2, 0.25) is 0 Å². The average molecular weight is 290 g/mol. The third-order valence-electron chi connectivity index (χ3n) is 2.03. The molecule has 15 heavy (non-hydrogen) atoms. The zero-order valence-corrected chi connectivity index (χ0v) is 9.96. The molecule has 0 saturated heterocycles. The molecule has 0 aliphatic carbocycles. The first-order valence-electron chi connectivity index (χ1n) is 4.26. The lowest BCUT2D eigenvalue weighted by Crippen LogP contribution is -2.00. The Morgan fingerprint density at radius 3 is 2.87 bits per heavy atom. The van der Waals surface area contributed by atoms with E-state index in [1.807, 2.05) is 0 Å². The molecule has 0 spiro atoms. The molecule has 0 radical (unpaired) electrons. The van der Waals surface area contributed by atoms with Crippen LogP contribution in [0.4, 0.5) is 4.39 Å². The van der Waals surface area contributed by atoms with Gasteiger partial charge in [0, 0.05) is 17.1 Å². The molecule has 2 aromatic rings. The minimum absolute atomic E-state index is 0.254. The molecule has 0 unspecified atom stereocenters. The SMILES string of the molecule is Fc1cccc(-n2cc(Cl)cn2)c1CBr. The molecule has 0 saturated carbocycles. The van der Waals surface area contributed by atoms with Crippen LogP contribution in [0.5, 0.6) is 0 Å². The summed E-state index contributed by atoms with van der Waals surface area (Å²) in [4.78, 5) is 0. The maximum absolute atomic E-state index is 13.4. The van der Waals surface area contributed by atoms with Gasteiger partial charge in [-0.3, -0.25) is 0 Å². The standard InChI is InChI=1S/C10H7BrClFN2/c11-4-8-9(13)2-1-3-10(8)15-6-7(12)5-14-15/h1-3,5-6H,4H2. The number of halogens is 3. The number of rotatable bonds is 2. The van der Waals surface area contributed by atoms with E-state index in [9.17, 15) is 4.39 Å². The van der Waals surface area contributed by atoms with Crippen LogP contribution >= 0.6 is 27.5 Å². The van der Waals surface area contributed by atoms with E-state index in [1.54, 1.807) is 23.0 Å². The van der Waals surface area contributed by atoms with Gasteiger partial charge in [-0.2, -0.15) is 5.10 Å². The van der Waals surface area contributed by atoms with Gasteiger partial charge in [0.05, 0.1) is 16.9 Å². The van der Waals surface area contributed by atoms with Crippen molar-refractivity contribution in [2.75, 3.05) is 0 Å². The second kappa shape index (κ2) is 4.33. The fraction of sp³-hybridized carbons (Fsp3) is 0.100. The summed E-state index contributed by atoms with van der Waals surface area (Å²) in [6.45, 7) is 0. The van der Waals surface area contributed by atoms with E-state index in [0.29, 0.717) is 21.6 Å². The number of benzene rings is 1. The van der Waals surface area contributed by atoms with E-state index in [1.165, 1.54) is 12.3 Å². The van der Waals surface area contributed by atoms with Gasteiger partial charge in [-0.15, -0.1) is 0 Å². The van der Waals surface area contributed by atoms with Gasteiger partial charge in [0.1, 0.15) is 5.82 Å². The Morgan fingerprint density at radius 2 is 2.27 bits per heavy atom. The molecule has 1 aromatic carbocycles. The summed E-state index contributed by atoms with van der Waals surface area (Å²) in [6.07, 6.45) is 3.16. The highest BCUT2D eigenvalue weighted by Gasteiger charge is 2.09. The van der Waals surface area contributed by atoms with Crippen molar-refractivity contribution in [1.29, 1.82) is 0 Å². The van der Waals surface area contributed by atoms with Gasteiger partial charge in [0.15, 0.2) is 0 Å². The highest BCUT2D eigenvalue weighted by Crippen LogP contribution is 2.21. The van der Waals surface area contributed by atoms with Crippen LogP contribution in [0.1, 0.15) is 5.56 Å². The molecule has 0 aliphatic heterocycles. The normalized spacial score (nSPS) is 10.6. The van der Waals surface area contributed by atoms with E-state index < -0.39 is 0 Å². The molecule has 2 nitrogen and oxygen atoms in total. The maximum Gasteiger partial charge on any atom is 0.129 e. The molecule has 0 aliphatic rings. The van der Waals surface area contributed by atoms with E-state index in [2.05, 4.69) is 21.0 Å². The Bertz CT molecular complexity index is 484. The second-order valence-electron chi connectivity index (χ2n) is 2.97. The van der Waals surface area contributed by atoms with E-state index in [4.69, 9.17) is 11.6 Å². The summed E-state index contributed by atoms with van der Waals surface area (Å²) in [5.41, 5.74) is 1.26. The van der Waals surface area contributed by atoms with Crippen molar-refractivity contribution in [2.24, 2.45) is 0 Å². The molecular weight excluding hydrogens is 282 g/mol. The Balaban J connectivity index is 2.57. The number of hydrogen-bond acceptors (Lipinski definition) is 1. The molecule has 0 atom stereocenters. The molecule has 0 bridgehead atoms. The molecule has 1 aromatic heterocycles. The number of nitrogens with zero attached hydrogens (tertiary/aromatic N) is 2. The predicted octanol–water partition coefficient (Wildman–Crippen LogP) is 3.56. The Morgan fingerprint density at radius 1 is 1.47 bits per heavy atom. The average Bonchev–Trinajstić information content (AvgIpc) is 2.64. The van der Waals surface area contributed by atoms with Crippen molar-refractivity contribution in [3.63, 3.8) is 0 Å². The first-order chi connectivity index (χ1) is 7.22. The Kier molecular flexibility index (Phi) is 3.07. The van der Waals surface area contributed by atoms with Crippen molar-refractivity contribution < 1.29 is 4.39 Å². The van der Waals surface area contributed by atoms with Gasteiger partial charge < -0.3 is 0 Å². The van der Waals surface area contributed by atoms with Gasteiger partial charge in [0.25, 0.3) is 0 Å². The van der Waals surface area contributed by atoms with Gasteiger partial charge in [-0.05, 0) is 12.1 Å². The first-order valence-corrected chi connectivity index (χ1v) is 5.76. The summed E-state index contributed by atoms with van der Waals surface area (Å²) < 4.78 is 15.0. The number of alkyl halides is 1. The lowest BCUT2D eigenvalue weighted by atomic mass is 10.2. The fourth-order valence-electron chi connectivity index (χ4n) is 1.33. The zero-order valence-electron chi connectivity index (χ0n) is 7.62. The molecule has 2 rings (SSSR count). The fourth-order valence-corrected chi connectivity index (χ4v) is 2.02. The van der Waals surface area contributed by atoms with Crippen LogP contribution in [0, 0.1) is 5.82 Å². The smallest absolute Gasteiger partial charge is 0.129 e. The summed E-state index contributed by atoms with van der Waals surface area (Å²) in [7, 11) is 0.